The molecule has 0 bridgehead atoms. The van der Waals surface area contributed by atoms with Crippen molar-refractivity contribution >= 4 is 17.2 Å². The molecular formula is C19H22N2O4. The van der Waals surface area contributed by atoms with Crippen LogP contribution in [0.5, 0.6) is 0 Å². The monoisotopic (exact) mass is 342 g/mol. The smallest absolute Gasteiger partial charge is 0.305 e. The number of fused-ring (bicyclic) bond motifs is 1. The van der Waals surface area contributed by atoms with Gasteiger partial charge in [0.1, 0.15) is 6.61 Å². The van der Waals surface area contributed by atoms with Gasteiger partial charge >= 0.3 is 5.97 Å². The molecule has 0 saturated heterocycles. The van der Waals surface area contributed by atoms with Crippen LogP contribution in [0.15, 0.2) is 41.4 Å². The fourth-order valence-corrected chi connectivity index (χ4v) is 2.97. The van der Waals surface area contributed by atoms with Crippen molar-refractivity contribution in [1.82, 2.24) is 5.16 Å². The molecule has 2 aromatic rings. The second kappa shape index (κ2) is 7.98. The summed E-state index contributed by atoms with van der Waals surface area (Å²) in [4.78, 5) is 12.8. The summed E-state index contributed by atoms with van der Waals surface area (Å²) < 4.78 is 10.5. The van der Waals surface area contributed by atoms with Gasteiger partial charge in [0.15, 0.2) is 5.76 Å². The first-order valence-corrected chi connectivity index (χ1v) is 8.39. The zero-order valence-corrected chi connectivity index (χ0v) is 14.1. The highest BCUT2D eigenvalue weighted by Crippen LogP contribution is 2.34. The molecule has 2 heterocycles. The lowest BCUT2D eigenvalue weighted by molar-refractivity contribution is -0.138. The number of aryl methyl sites for hydroxylation is 1. The Morgan fingerprint density at radius 3 is 3.08 bits per heavy atom. The molecule has 1 aliphatic rings. The Kier molecular flexibility index (Phi) is 5.50. The maximum absolute atomic E-state index is 10.4. The van der Waals surface area contributed by atoms with Crippen LogP contribution in [-0.4, -0.2) is 35.9 Å². The second-order valence-electron chi connectivity index (χ2n) is 6.13. The first-order chi connectivity index (χ1) is 12.1. The van der Waals surface area contributed by atoms with Gasteiger partial charge in [-0.1, -0.05) is 29.9 Å². The molecule has 1 aliphatic heterocycles. The van der Waals surface area contributed by atoms with Crippen LogP contribution in [0.2, 0.25) is 0 Å². The molecule has 0 spiro atoms. The Hall–Kier alpha value is -2.60. The molecule has 132 valence electrons. The minimum Gasteiger partial charge on any atom is -0.481 e. The van der Waals surface area contributed by atoms with Crippen molar-refractivity contribution in [2.24, 2.45) is 0 Å². The lowest BCUT2D eigenvalue weighted by atomic mass is 10.1. The summed E-state index contributed by atoms with van der Waals surface area (Å²) >= 11 is 0. The average Bonchev–Trinajstić information content (AvgIpc) is 3.17. The zero-order chi connectivity index (χ0) is 17.6. The van der Waals surface area contributed by atoms with Crippen LogP contribution >= 0.6 is 0 Å². The van der Waals surface area contributed by atoms with E-state index in [1.165, 1.54) is 11.3 Å². The number of carbonyl (C=O) groups is 1. The number of hydrogen-bond donors (Lipinski definition) is 1. The van der Waals surface area contributed by atoms with Crippen molar-refractivity contribution in [2.75, 3.05) is 24.6 Å². The molecule has 6 nitrogen and oxygen atoms in total. The summed E-state index contributed by atoms with van der Waals surface area (Å²) in [7, 11) is 0. The Morgan fingerprint density at radius 2 is 2.24 bits per heavy atom. The maximum atomic E-state index is 10.4. The number of benzene rings is 1. The van der Waals surface area contributed by atoms with Gasteiger partial charge in [0.25, 0.3) is 0 Å². The molecule has 0 fully saturated rings. The van der Waals surface area contributed by atoms with E-state index in [1.807, 2.05) is 12.1 Å². The van der Waals surface area contributed by atoms with E-state index in [0.29, 0.717) is 5.76 Å². The van der Waals surface area contributed by atoms with Crippen molar-refractivity contribution in [1.29, 1.82) is 0 Å². The van der Waals surface area contributed by atoms with Gasteiger partial charge in [-0.2, -0.15) is 0 Å². The Balaban J connectivity index is 1.43. The van der Waals surface area contributed by atoms with E-state index < -0.39 is 5.97 Å². The fraction of sp³-hybridized carbons (Fsp3) is 0.368. The van der Waals surface area contributed by atoms with Crippen molar-refractivity contribution in [3.63, 3.8) is 0 Å². The summed E-state index contributed by atoms with van der Waals surface area (Å²) in [5.74, 6) is -0.246. The zero-order valence-electron chi connectivity index (χ0n) is 14.1. The molecule has 0 aliphatic carbocycles. The van der Waals surface area contributed by atoms with Crippen LogP contribution in [0, 0.1) is 0 Å². The molecule has 6 heteroatoms. The molecule has 1 N–H and O–H groups in total. The van der Waals surface area contributed by atoms with E-state index in [9.17, 15) is 4.79 Å². The van der Waals surface area contributed by atoms with Crippen LogP contribution < -0.4 is 4.90 Å². The molecule has 1 aromatic carbocycles. The molecule has 0 unspecified atom stereocenters. The van der Waals surface area contributed by atoms with Crippen molar-refractivity contribution in [3.05, 3.63) is 53.9 Å². The first-order valence-electron chi connectivity index (χ1n) is 8.39. The van der Waals surface area contributed by atoms with Crippen molar-refractivity contribution < 1.29 is 19.2 Å². The third-order valence-corrected chi connectivity index (χ3v) is 4.18. The number of carboxylic acids is 1. The average molecular weight is 342 g/mol. The topological polar surface area (TPSA) is 75.8 Å². The first kappa shape index (κ1) is 17.2. The molecule has 0 saturated carbocycles. The summed E-state index contributed by atoms with van der Waals surface area (Å²) in [6.45, 7) is 6.38. The fourth-order valence-electron chi connectivity index (χ4n) is 2.97. The molecular weight excluding hydrogens is 320 g/mol. The van der Waals surface area contributed by atoms with E-state index in [2.05, 4.69) is 34.8 Å². The highest BCUT2D eigenvalue weighted by atomic mass is 16.5. The molecule has 25 heavy (non-hydrogen) atoms. The minimum absolute atomic E-state index is 0.0103. The number of aliphatic carboxylic acids is 1. The van der Waals surface area contributed by atoms with Gasteiger partial charge in [0.2, 0.25) is 0 Å². The number of rotatable bonds is 9. The van der Waals surface area contributed by atoms with Crippen LogP contribution in [0.4, 0.5) is 5.69 Å². The summed E-state index contributed by atoms with van der Waals surface area (Å²) in [6, 6.07) is 10.2. The Bertz CT molecular complexity index is 753. The Labute approximate surface area is 146 Å². The van der Waals surface area contributed by atoms with E-state index in [0.717, 1.165) is 37.2 Å². The minimum atomic E-state index is -0.871. The van der Waals surface area contributed by atoms with Crippen LogP contribution in [0.1, 0.15) is 29.9 Å². The van der Waals surface area contributed by atoms with Gasteiger partial charge in [0.05, 0.1) is 18.7 Å². The second-order valence-corrected chi connectivity index (χ2v) is 6.13. The predicted octanol–water partition coefficient (Wildman–Crippen LogP) is 3.13. The number of nitrogens with zero attached hydrogens (tertiary/aromatic N) is 2. The molecule has 0 radical (unpaired) electrons. The van der Waals surface area contributed by atoms with Crippen LogP contribution in [-0.2, 0) is 22.6 Å². The third kappa shape index (κ3) is 4.48. The highest BCUT2D eigenvalue weighted by molar-refractivity contribution is 5.84. The number of ether oxygens (including phenoxy) is 1. The highest BCUT2D eigenvalue weighted by Gasteiger charge is 2.20. The largest absolute Gasteiger partial charge is 0.481 e. The number of anilines is 1. The lowest BCUT2D eigenvalue weighted by Crippen LogP contribution is -2.21. The SMILES string of the molecule is C=C1CN(CCCc2cc(COCCC(=O)O)on2)c2ccccc21. The summed E-state index contributed by atoms with van der Waals surface area (Å²) in [6.07, 6.45) is 1.78. The van der Waals surface area contributed by atoms with Crippen molar-refractivity contribution in [3.8, 4) is 0 Å². The molecule has 1 aromatic heterocycles. The molecule has 0 atom stereocenters. The molecule has 0 amide bonds. The van der Waals surface area contributed by atoms with Crippen LogP contribution in [0.25, 0.3) is 5.57 Å². The lowest BCUT2D eigenvalue weighted by Gasteiger charge is -2.18. The number of carboxylic acid groups (broad SMARTS) is 1. The Morgan fingerprint density at radius 1 is 1.40 bits per heavy atom. The van der Waals surface area contributed by atoms with E-state index in [4.69, 9.17) is 14.4 Å². The van der Waals surface area contributed by atoms with Crippen molar-refractivity contribution in [2.45, 2.75) is 25.9 Å². The van der Waals surface area contributed by atoms with Crippen LogP contribution in [0.3, 0.4) is 0 Å². The quantitative estimate of drug-likeness (QED) is 0.706. The normalized spacial score (nSPS) is 13.3. The summed E-state index contributed by atoms with van der Waals surface area (Å²) in [5.41, 5.74) is 4.55. The number of aromatic nitrogens is 1. The van der Waals surface area contributed by atoms with Gasteiger partial charge in [-0.3, -0.25) is 4.79 Å². The van der Waals surface area contributed by atoms with Gasteiger partial charge in [-0.25, -0.2) is 0 Å². The number of para-hydroxylation sites is 1. The number of hydrogen-bond acceptors (Lipinski definition) is 5. The predicted molar refractivity (Wildman–Crippen MR) is 94.4 cm³/mol. The van der Waals surface area contributed by atoms with Gasteiger partial charge in [0, 0.05) is 30.4 Å². The van der Waals surface area contributed by atoms with E-state index >= 15 is 0 Å². The van der Waals surface area contributed by atoms with Gasteiger partial charge in [-0.15, -0.1) is 0 Å². The standard InChI is InChI=1S/C19H22N2O4/c1-14-12-21(18-7-3-2-6-17(14)18)9-4-5-15-11-16(25-20-15)13-24-10-8-19(22)23/h2-3,6-7,11H,1,4-5,8-10,12-13H2,(H,22,23). The van der Waals surface area contributed by atoms with E-state index in [-0.39, 0.29) is 19.6 Å². The molecule has 3 rings (SSSR count). The maximum Gasteiger partial charge on any atom is 0.305 e. The summed E-state index contributed by atoms with van der Waals surface area (Å²) in [5, 5.41) is 12.6. The third-order valence-electron chi connectivity index (χ3n) is 4.18. The van der Waals surface area contributed by atoms with Gasteiger partial charge in [-0.05, 0) is 24.5 Å². The van der Waals surface area contributed by atoms with E-state index in [1.54, 1.807) is 0 Å². The van der Waals surface area contributed by atoms with Gasteiger partial charge < -0.3 is 19.3 Å².